The summed E-state index contributed by atoms with van der Waals surface area (Å²) in [5.41, 5.74) is 4.52. The first-order chi connectivity index (χ1) is 12.2. The molecule has 0 bridgehead atoms. The highest BCUT2D eigenvalue weighted by Gasteiger charge is 2.18. The number of fused-ring (bicyclic) bond motifs is 1. The topological polar surface area (TPSA) is 87.8 Å². The standard InChI is InChI=1S/C18H28N6O.2ClH/c1-4-25-11-17-21-16-6-8-19-7-5-15(16)18(22-17)20-12(2)9-14-10-13(3)23-24-14;;/h10,12,19H,4-9,11H2,1-3H3,(H,23,24)(H,20,21,22);2*1H. The fourth-order valence-corrected chi connectivity index (χ4v) is 3.15. The predicted molar refractivity (Wildman–Crippen MR) is 112 cm³/mol. The summed E-state index contributed by atoms with van der Waals surface area (Å²) in [5, 5.41) is 14.4. The Kier molecular flexibility index (Phi) is 10.0. The first kappa shape index (κ1) is 23.6. The second-order valence-electron chi connectivity index (χ2n) is 6.59. The summed E-state index contributed by atoms with van der Waals surface area (Å²) in [7, 11) is 0. The maximum absolute atomic E-state index is 5.52. The van der Waals surface area contributed by atoms with Crippen LogP contribution < -0.4 is 10.6 Å². The summed E-state index contributed by atoms with van der Waals surface area (Å²) in [6.07, 6.45) is 2.72. The van der Waals surface area contributed by atoms with Crippen molar-refractivity contribution in [3.63, 3.8) is 0 Å². The first-order valence-electron chi connectivity index (χ1n) is 9.10. The fraction of sp³-hybridized carbons (Fsp3) is 0.611. The highest BCUT2D eigenvalue weighted by atomic mass is 35.5. The van der Waals surface area contributed by atoms with Gasteiger partial charge in [-0.3, -0.25) is 5.10 Å². The molecule has 0 spiro atoms. The van der Waals surface area contributed by atoms with Crippen LogP contribution in [0.3, 0.4) is 0 Å². The van der Waals surface area contributed by atoms with E-state index in [0.29, 0.717) is 13.2 Å². The Labute approximate surface area is 173 Å². The molecular weight excluding hydrogens is 387 g/mol. The third kappa shape index (κ3) is 6.60. The van der Waals surface area contributed by atoms with Gasteiger partial charge in [0.1, 0.15) is 12.4 Å². The lowest BCUT2D eigenvalue weighted by Crippen LogP contribution is -2.22. The van der Waals surface area contributed by atoms with Gasteiger partial charge >= 0.3 is 0 Å². The molecule has 0 radical (unpaired) electrons. The van der Waals surface area contributed by atoms with Crippen LogP contribution in [0.4, 0.5) is 5.82 Å². The van der Waals surface area contributed by atoms with E-state index < -0.39 is 0 Å². The van der Waals surface area contributed by atoms with Crippen molar-refractivity contribution < 1.29 is 4.74 Å². The molecule has 2 aromatic rings. The Balaban J connectivity index is 0.00000182. The zero-order valence-electron chi connectivity index (χ0n) is 16.2. The second-order valence-corrected chi connectivity index (χ2v) is 6.59. The predicted octanol–water partition coefficient (Wildman–Crippen LogP) is 2.62. The van der Waals surface area contributed by atoms with Crippen molar-refractivity contribution in [2.24, 2.45) is 0 Å². The van der Waals surface area contributed by atoms with Gasteiger partial charge < -0.3 is 15.4 Å². The average Bonchev–Trinajstić information content (AvgIpc) is 2.84. The second kappa shape index (κ2) is 11.4. The Morgan fingerprint density at radius 3 is 2.70 bits per heavy atom. The van der Waals surface area contributed by atoms with Crippen molar-refractivity contribution in [1.82, 2.24) is 25.5 Å². The smallest absolute Gasteiger partial charge is 0.156 e. The largest absolute Gasteiger partial charge is 0.374 e. The molecule has 27 heavy (non-hydrogen) atoms. The van der Waals surface area contributed by atoms with E-state index in [-0.39, 0.29) is 30.9 Å². The minimum atomic E-state index is 0. The van der Waals surface area contributed by atoms with Gasteiger partial charge in [0.15, 0.2) is 5.82 Å². The van der Waals surface area contributed by atoms with E-state index in [9.17, 15) is 0 Å². The molecule has 1 aliphatic rings. The number of H-pyrrole nitrogens is 1. The zero-order valence-corrected chi connectivity index (χ0v) is 17.8. The van der Waals surface area contributed by atoms with Crippen molar-refractivity contribution in [3.8, 4) is 0 Å². The van der Waals surface area contributed by atoms with E-state index in [2.05, 4.69) is 33.8 Å². The van der Waals surface area contributed by atoms with Gasteiger partial charge in [0.05, 0.1) is 11.4 Å². The molecular formula is C18H30Cl2N6O. The average molecular weight is 417 g/mol. The highest BCUT2D eigenvalue weighted by Crippen LogP contribution is 2.21. The van der Waals surface area contributed by atoms with Crippen LogP contribution in [0.5, 0.6) is 0 Å². The van der Waals surface area contributed by atoms with Crippen molar-refractivity contribution in [2.75, 3.05) is 25.0 Å². The van der Waals surface area contributed by atoms with Crippen LogP contribution in [0.2, 0.25) is 0 Å². The normalized spacial score (nSPS) is 14.3. The summed E-state index contributed by atoms with van der Waals surface area (Å²) in [6.45, 7) is 9.21. The number of halogens is 2. The van der Waals surface area contributed by atoms with Gasteiger partial charge in [-0.2, -0.15) is 5.10 Å². The first-order valence-corrected chi connectivity index (χ1v) is 9.10. The molecule has 1 aliphatic heterocycles. The lowest BCUT2D eigenvalue weighted by atomic mass is 10.1. The molecule has 3 rings (SSSR count). The molecule has 7 nitrogen and oxygen atoms in total. The molecule has 1 unspecified atom stereocenters. The van der Waals surface area contributed by atoms with Crippen LogP contribution in [0.15, 0.2) is 6.07 Å². The van der Waals surface area contributed by atoms with Gasteiger partial charge in [-0.15, -0.1) is 24.8 Å². The third-order valence-electron chi connectivity index (χ3n) is 4.32. The number of aromatic nitrogens is 4. The van der Waals surface area contributed by atoms with Crippen molar-refractivity contribution in [3.05, 3.63) is 34.5 Å². The highest BCUT2D eigenvalue weighted by molar-refractivity contribution is 5.85. The van der Waals surface area contributed by atoms with Gasteiger partial charge in [-0.25, -0.2) is 9.97 Å². The number of nitrogens with one attached hydrogen (secondary N) is 3. The molecule has 0 saturated carbocycles. The van der Waals surface area contributed by atoms with E-state index in [1.165, 1.54) is 5.56 Å². The minimum absolute atomic E-state index is 0. The SMILES string of the molecule is CCOCc1nc2c(c(NC(C)Cc3cc(C)[nH]n3)n1)CCNCC2.Cl.Cl. The summed E-state index contributed by atoms with van der Waals surface area (Å²) in [6, 6.07) is 2.32. The quantitative estimate of drug-likeness (QED) is 0.642. The molecule has 9 heteroatoms. The minimum Gasteiger partial charge on any atom is -0.374 e. The Morgan fingerprint density at radius 2 is 2.00 bits per heavy atom. The number of nitrogens with zero attached hydrogens (tertiary/aromatic N) is 3. The van der Waals surface area contributed by atoms with Crippen LogP contribution in [0, 0.1) is 6.92 Å². The summed E-state index contributed by atoms with van der Waals surface area (Å²) in [5.74, 6) is 1.70. The lowest BCUT2D eigenvalue weighted by molar-refractivity contribution is 0.128. The molecule has 0 saturated heterocycles. The number of aromatic amines is 1. The molecule has 0 aromatic carbocycles. The maximum Gasteiger partial charge on any atom is 0.156 e. The van der Waals surface area contributed by atoms with Gasteiger partial charge in [0.2, 0.25) is 0 Å². The molecule has 3 heterocycles. The zero-order chi connectivity index (χ0) is 17.6. The summed E-state index contributed by atoms with van der Waals surface area (Å²) < 4.78 is 5.52. The number of anilines is 1. The molecule has 3 N–H and O–H groups in total. The number of hydrogen-bond donors (Lipinski definition) is 3. The molecule has 2 aromatic heterocycles. The monoisotopic (exact) mass is 416 g/mol. The van der Waals surface area contributed by atoms with Crippen LogP contribution >= 0.6 is 24.8 Å². The van der Waals surface area contributed by atoms with Crippen molar-refractivity contribution in [2.45, 2.75) is 52.7 Å². The van der Waals surface area contributed by atoms with Crippen LogP contribution in [-0.2, 0) is 30.6 Å². The van der Waals surface area contributed by atoms with Gasteiger partial charge in [-0.05, 0) is 39.8 Å². The van der Waals surface area contributed by atoms with Gasteiger partial charge in [0, 0.05) is 43.3 Å². The Hall–Kier alpha value is -1.41. The van der Waals surface area contributed by atoms with Crippen molar-refractivity contribution in [1.29, 1.82) is 0 Å². The van der Waals surface area contributed by atoms with Gasteiger partial charge in [-0.1, -0.05) is 0 Å². The summed E-state index contributed by atoms with van der Waals surface area (Å²) >= 11 is 0. The molecule has 0 aliphatic carbocycles. The maximum atomic E-state index is 5.52. The summed E-state index contributed by atoms with van der Waals surface area (Å²) in [4.78, 5) is 9.48. The van der Waals surface area contributed by atoms with Gasteiger partial charge in [0.25, 0.3) is 0 Å². The van der Waals surface area contributed by atoms with E-state index in [4.69, 9.17) is 14.7 Å². The van der Waals surface area contributed by atoms with E-state index in [1.807, 2.05) is 13.8 Å². The number of ether oxygens (including phenoxy) is 1. The fourth-order valence-electron chi connectivity index (χ4n) is 3.15. The molecule has 0 amide bonds. The van der Waals surface area contributed by atoms with E-state index in [1.54, 1.807) is 0 Å². The van der Waals surface area contributed by atoms with Crippen molar-refractivity contribution >= 4 is 30.6 Å². The van der Waals surface area contributed by atoms with Crippen LogP contribution in [0.1, 0.15) is 42.3 Å². The van der Waals surface area contributed by atoms with E-state index in [0.717, 1.165) is 61.1 Å². The third-order valence-corrected chi connectivity index (χ3v) is 4.32. The Bertz CT molecular complexity index is 709. The van der Waals surface area contributed by atoms with E-state index >= 15 is 0 Å². The number of aryl methyl sites for hydroxylation is 1. The van der Waals surface area contributed by atoms with Crippen LogP contribution in [0.25, 0.3) is 0 Å². The molecule has 0 fully saturated rings. The lowest BCUT2D eigenvalue weighted by Gasteiger charge is -2.18. The molecule has 1 atom stereocenters. The molecule has 152 valence electrons. The number of rotatable bonds is 7. The Morgan fingerprint density at radius 1 is 1.22 bits per heavy atom. The number of hydrogen-bond acceptors (Lipinski definition) is 6. The van der Waals surface area contributed by atoms with Crippen LogP contribution in [-0.4, -0.2) is 45.9 Å².